The van der Waals surface area contributed by atoms with Crippen LogP contribution in [0.15, 0.2) is 0 Å². The molecule has 6 heteroatoms. The molecule has 1 unspecified atom stereocenters. The number of carbonyl (C=O) groups excluding carboxylic acids is 1. The normalized spacial score (nSPS) is 30.0. The molecule has 0 spiro atoms. The van der Waals surface area contributed by atoms with Gasteiger partial charge >= 0.3 is 12.0 Å². The molecule has 120 valence electrons. The van der Waals surface area contributed by atoms with Gasteiger partial charge in [0.05, 0.1) is 12.5 Å². The van der Waals surface area contributed by atoms with Crippen LogP contribution in [0.3, 0.4) is 0 Å². The summed E-state index contributed by atoms with van der Waals surface area (Å²) in [6.45, 7) is 2.93. The summed E-state index contributed by atoms with van der Waals surface area (Å²) in [4.78, 5) is 27.3. The van der Waals surface area contributed by atoms with Crippen molar-refractivity contribution in [2.45, 2.75) is 51.1 Å². The van der Waals surface area contributed by atoms with Crippen LogP contribution in [0.4, 0.5) is 4.79 Å². The number of nitrogens with zero attached hydrogens (tertiary/aromatic N) is 2. The molecule has 1 atom stereocenters. The van der Waals surface area contributed by atoms with Crippen molar-refractivity contribution >= 4 is 23.8 Å². The van der Waals surface area contributed by atoms with Crippen LogP contribution in [0.1, 0.15) is 39.0 Å². The molecule has 0 radical (unpaired) electrons. The number of amides is 2. The Morgan fingerprint density at radius 3 is 2.57 bits per heavy atom. The van der Waals surface area contributed by atoms with E-state index in [1.165, 1.54) is 12.8 Å². The van der Waals surface area contributed by atoms with E-state index in [0.29, 0.717) is 12.6 Å². The van der Waals surface area contributed by atoms with Gasteiger partial charge in [-0.25, -0.2) is 4.79 Å². The fourth-order valence-electron chi connectivity index (χ4n) is 3.27. The van der Waals surface area contributed by atoms with Crippen LogP contribution in [0.5, 0.6) is 0 Å². The lowest BCUT2D eigenvalue weighted by Crippen LogP contribution is -2.54. The SMILES string of the molecule is CC1CCC(N(C)C(=O)N2CCSCC2CC(=O)O)CC1. The molecular formula is C15H26N2O3S. The van der Waals surface area contributed by atoms with E-state index >= 15 is 0 Å². The Bertz CT molecular complexity index is 383. The van der Waals surface area contributed by atoms with Crippen molar-refractivity contribution in [2.24, 2.45) is 5.92 Å². The van der Waals surface area contributed by atoms with Crippen LogP contribution >= 0.6 is 11.8 Å². The van der Waals surface area contributed by atoms with E-state index in [-0.39, 0.29) is 18.5 Å². The van der Waals surface area contributed by atoms with Crippen LogP contribution in [-0.2, 0) is 4.79 Å². The van der Waals surface area contributed by atoms with Gasteiger partial charge in [0.25, 0.3) is 0 Å². The zero-order valence-electron chi connectivity index (χ0n) is 13.0. The van der Waals surface area contributed by atoms with E-state index < -0.39 is 5.97 Å². The molecule has 2 rings (SSSR count). The highest BCUT2D eigenvalue weighted by molar-refractivity contribution is 7.99. The van der Waals surface area contributed by atoms with Crippen LogP contribution < -0.4 is 0 Å². The first-order valence-electron chi connectivity index (χ1n) is 7.82. The van der Waals surface area contributed by atoms with Crippen molar-refractivity contribution in [2.75, 3.05) is 25.1 Å². The highest BCUT2D eigenvalue weighted by Crippen LogP contribution is 2.28. The number of thioether (sulfide) groups is 1. The highest BCUT2D eigenvalue weighted by atomic mass is 32.2. The summed E-state index contributed by atoms with van der Waals surface area (Å²) in [5.74, 6) is 1.57. The lowest BCUT2D eigenvalue weighted by molar-refractivity contribution is -0.138. The summed E-state index contributed by atoms with van der Waals surface area (Å²) in [5.41, 5.74) is 0. The molecule has 1 aliphatic heterocycles. The fraction of sp³-hybridized carbons (Fsp3) is 0.867. The van der Waals surface area contributed by atoms with Gasteiger partial charge < -0.3 is 14.9 Å². The number of carboxylic acid groups (broad SMARTS) is 1. The van der Waals surface area contributed by atoms with Crippen molar-refractivity contribution in [3.8, 4) is 0 Å². The monoisotopic (exact) mass is 314 g/mol. The van der Waals surface area contributed by atoms with E-state index in [1.54, 1.807) is 16.7 Å². The van der Waals surface area contributed by atoms with Crippen molar-refractivity contribution in [3.05, 3.63) is 0 Å². The molecule has 1 N–H and O–H groups in total. The zero-order valence-corrected chi connectivity index (χ0v) is 13.8. The molecule has 5 nitrogen and oxygen atoms in total. The Morgan fingerprint density at radius 1 is 1.29 bits per heavy atom. The smallest absolute Gasteiger partial charge is 0.320 e. The number of aliphatic carboxylic acids is 1. The molecule has 0 bridgehead atoms. The number of rotatable bonds is 3. The zero-order chi connectivity index (χ0) is 15.4. The van der Waals surface area contributed by atoms with Crippen molar-refractivity contribution in [1.82, 2.24) is 9.80 Å². The van der Waals surface area contributed by atoms with Crippen molar-refractivity contribution in [3.63, 3.8) is 0 Å². The molecule has 1 heterocycles. The molecule has 1 saturated carbocycles. The maximum absolute atomic E-state index is 12.7. The molecular weight excluding hydrogens is 288 g/mol. The average molecular weight is 314 g/mol. The van der Waals surface area contributed by atoms with Crippen molar-refractivity contribution < 1.29 is 14.7 Å². The number of hydrogen-bond acceptors (Lipinski definition) is 3. The summed E-state index contributed by atoms with van der Waals surface area (Å²) in [7, 11) is 1.88. The first-order chi connectivity index (χ1) is 9.99. The fourth-order valence-corrected chi connectivity index (χ4v) is 4.33. The minimum absolute atomic E-state index is 0.0149. The molecule has 0 aromatic rings. The van der Waals surface area contributed by atoms with Gasteiger partial charge in [-0.15, -0.1) is 0 Å². The van der Waals surface area contributed by atoms with Gasteiger partial charge in [-0.2, -0.15) is 11.8 Å². The minimum Gasteiger partial charge on any atom is -0.481 e. The second-order valence-electron chi connectivity index (χ2n) is 6.33. The van der Waals surface area contributed by atoms with Crippen LogP contribution in [0, 0.1) is 5.92 Å². The first-order valence-corrected chi connectivity index (χ1v) is 8.97. The average Bonchev–Trinajstić information content (AvgIpc) is 2.46. The highest BCUT2D eigenvalue weighted by Gasteiger charge is 2.33. The lowest BCUT2D eigenvalue weighted by atomic mass is 9.87. The predicted molar refractivity (Wildman–Crippen MR) is 84.7 cm³/mol. The van der Waals surface area contributed by atoms with E-state index in [0.717, 1.165) is 30.3 Å². The summed E-state index contributed by atoms with van der Waals surface area (Å²) in [5, 5.41) is 9.02. The second-order valence-corrected chi connectivity index (χ2v) is 7.48. The minimum atomic E-state index is -0.825. The first kappa shape index (κ1) is 16.5. The maximum Gasteiger partial charge on any atom is 0.320 e. The molecule has 21 heavy (non-hydrogen) atoms. The Hall–Kier alpha value is -0.910. The molecule has 2 amide bonds. The Morgan fingerprint density at radius 2 is 1.95 bits per heavy atom. The molecule has 1 aliphatic carbocycles. The largest absolute Gasteiger partial charge is 0.481 e. The van der Waals surface area contributed by atoms with E-state index in [9.17, 15) is 9.59 Å². The van der Waals surface area contributed by atoms with Gasteiger partial charge in [0.15, 0.2) is 0 Å². The molecule has 0 aromatic carbocycles. The van der Waals surface area contributed by atoms with Gasteiger partial charge in [-0.05, 0) is 31.6 Å². The molecule has 2 fully saturated rings. The summed E-state index contributed by atoms with van der Waals surface area (Å²) < 4.78 is 0. The topological polar surface area (TPSA) is 60.9 Å². The van der Waals surface area contributed by atoms with E-state index in [4.69, 9.17) is 5.11 Å². The summed E-state index contributed by atoms with van der Waals surface area (Å²) in [6.07, 6.45) is 4.53. The van der Waals surface area contributed by atoms with Crippen LogP contribution in [-0.4, -0.2) is 64.1 Å². The molecule has 2 aliphatic rings. The van der Waals surface area contributed by atoms with Crippen LogP contribution in [0.2, 0.25) is 0 Å². The Balaban J connectivity index is 1.97. The predicted octanol–water partition coefficient (Wildman–Crippen LogP) is 2.51. The van der Waals surface area contributed by atoms with Gasteiger partial charge in [-0.1, -0.05) is 6.92 Å². The number of hydrogen-bond donors (Lipinski definition) is 1. The Labute approximate surface area is 131 Å². The van der Waals surface area contributed by atoms with Gasteiger partial charge in [0.2, 0.25) is 0 Å². The summed E-state index contributed by atoms with van der Waals surface area (Å²) in [6, 6.07) is 0.161. The lowest BCUT2D eigenvalue weighted by Gasteiger charge is -2.41. The Kier molecular flexibility index (Phi) is 5.79. The standard InChI is InChI=1S/C15H26N2O3S/c1-11-3-5-12(6-4-11)16(2)15(20)17-7-8-21-10-13(17)9-14(18)19/h11-13H,3-10H2,1-2H3,(H,18,19). The van der Waals surface area contributed by atoms with E-state index in [1.807, 2.05) is 11.9 Å². The summed E-state index contributed by atoms with van der Waals surface area (Å²) >= 11 is 1.74. The molecule has 0 aromatic heterocycles. The van der Waals surface area contributed by atoms with Gasteiger partial charge in [0.1, 0.15) is 0 Å². The molecule has 1 saturated heterocycles. The number of urea groups is 1. The third-order valence-corrected chi connectivity index (χ3v) is 5.81. The van der Waals surface area contributed by atoms with Crippen LogP contribution in [0.25, 0.3) is 0 Å². The third kappa shape index (κ3) is 4.28. The maximum atomic E-state index is 12.7. The van der Waals surface area contributed by atoms with Gasteiger partial charge in [0, 0.05) is 31.1 Å². The van der Waals surface area contributed by atoms with E-state index in [2.05, 4.69) is 6.92 Å². The third-order valence-electron chi connectivity index (χ3n) is 4.72. The second kappa shape index (κ2) is 7.38. The number of carbonyl (C=O) groups is 2. The quantitative estimate of drug-likeness (QED) is 0.869. The number of carboxylic acids is 1. The van der Waals surface area contributed by atoms with Crippen molar-refractivity contribution in [1.29, 1.82) is 0 Å². The van der Waals surface area contributed by atoms with Gasteiger partial charge in [-0.3, -0.25) is 4.79 Å².